The van der Waals surface area contributed by atoms with E-state index in [4.69, 9.17) is 16.3 Å². The van der Waals surface area contributed by atoms with Crippen molar-refractivity contribution in [2.75, 3.05) is 31.6 Å². The molecule has 2 rings (SSSR count). The summed E-state index contributed by atoms with van der Waals surface area (Å²) < 4.78 is 5.17. The van der Waals surface area contributed by atoms with E-state index in [0.717, 1.165) is 25.2 Å². The number of aryl methyl sites for hydroxylation is 1. The number of hydrogen-bond acceptors (Lipinski definition) is 3. The van der Waals surface area contributed by atoms with Crippen LogP contribution in [0.4, 0.5) is 10.5 Å². The fraction of sp³-hybridized carbons (Fsp3) is 0.500. The van der Waals surface area contributed by atoms with Gasteiger partial charge in [-0.05, 0) is 44.5 Å². The summed E-state index contributed by atoms with van der Waals surface area (Å²) in [7, 11) is 0. The molecule has 1 aromatic rings. The molecule has 112 valence electrons. The van der Waals surface area contributed by atoms with E-state index >= 15 is 0 Å². The summed E-state index contributed by atoms with van der Waals surface area (Å²) in [4.78, 5) is 14.0. The topological polar surface area (TPSA) is 41.6 Å². The van der Waals surface area contributed by atoms with Crippen molar-refractivity contribution in [2.45, 2.75) is 19.8 Å². The number of rotatable bonds is 4. The van der Waals surface area contributed by atoms with Crippen LogP contribution in [0.25, 0.3) is 0 Å². The summed E-state index contributed by atoms with van der Waals surface area (Å²) >= 11 is 6.03. The summed E-state index contributed by atoms with van der Waals surface area (Å²) in [6, 6.07) is 5.49. The Kier molecular flexibility index (Phi) is 7.13. The Balaban J connectivity index is 0.00000200. The minimum atomic E-state index is -0.449. The Labute approximate surface area is 130 Å². The van der Waals surface area contributed by atoms with Gasteiger partial charge >= 0.3 is 6.09 Å². The van der Waals surface area contributed by atoms with Crippen LogP contribution < -0.4 is 5.32 Å². The van der Waals surface area contributed by atoms with Gasteiger partial charge in [0.1, 0.15) is 6.61 Å². The molecule has 0 bridgehead atoms. The van der Waals surface area contributed by atoms with Gasteiger partial charge in [0.05, 0.1) is 10.7 Å². The molecular weight excluding hydrogens is 299 g/mol. The molecule has 1 heterocycles. The maximum Gasteiger partial charge on any atom is 0.411 e. The molecule has 0 atom stereocenters. The van der Waals surface area contributed by atoms with Gasteiger partial charge in [-0.3, -0.25) is 10.2 Å². The summed E-state index contributed by atoms with van der Waals surface area (Å²) in [5.74, 6) is 0. The van der Waals surface area contributed by atoms with Gasteiger partial charge in [0.15, 0.2) is 0 Å². The highest BCUT2D eigenvalue weighted by atomic mass is 35.5. The highest BCUT2D eigenvalue weighted by Gasteiger charge is 2.13. The third kappa shape index (κ3) is 4.85. The number of anilines is 1. The number of amides is 1. The number of hydrogen-bond donors (Lipinski definition) is 1. The smallest absolute Gasteiger partial charge is 0.411 e. The first-order chi connectivity index (χ1) is 9.16. The quantitative estimate of drug-likeness (QED) is 0.920. The summed E-state index contributed by atoms with van der Waals surface area (Å²) in [5, 5.41) is 3.22. The van der Waals surface area contributed by atoms with Gasteiger partial charge < -0.3 is 4.74 Å². The molecule has 1 fully saturated rings. The number of benzene rings is 1. The number of halogens is 2. The van der Waals surface area contributed by atoms with E-state index in [1.807, 2.05) is 19.1 Å². The molecule has 1 amide bonds. The Morgan fingerprint density at radius 3 is 2.75 bits per heavy atom. The van der Waals surface area contributed by atoms with Crippen LogP contribution in [0.2, 0.25) is 5.02 Å². The van der Waals surface area contributed by atoms with Crippen molar-refractivity contribution in [3.05, 3.63) is 28.8 Å². The van der Waals surface area contributed by atoms with Gasteiger partial charge in [0.2, 0.25) is 0 Å². The number of nitrogens with one attached hydrogen (secondary N) is 1. The molecule has 1 aliphatic heterocycles. The lowest BCUT2D eigenvalue weighted by atomic mass is 10.2. The lowest BCUT2D eigenvalue weighted by molar-refractivity contribution is 0.146. The zero-order chi connectivity index (χ0) is 13.7. The van der Waals surface area contributed by atoms with Gasteiger partial charge in [-0.25, -0.2) is 4.79 Å². The zero-order valence-electron chi connectivity index (χ0n) is 11.5. The van der Waals surface area contributed by atoms with Crippen molar-refractivity contribution in [1.82, 2.24) is 4.90 Å². The number of nitrogens with zero attached hydrogens (tertiary/aromatic N) is 1. The van der Waals surface area contributed by atoms with Gasteiger partial charge in [-0.2, -0.15) is 0 Å². The SMILES string of the molecule is Cc1cccc(Cl)c1NC(=O)OCCN1CCCC1.Cl. The molecule has 0 unspecified atom stereocenters. The average molecular weight is 319 g/mol. The van der Waals surface area contributed by atoms with Crippen LogP contribution >= 0.6 is 24.0 Å². The first kappa shape index (κ1) is 17.1. The molecule has 0 spiro atoms. The third-order valence-electron chi connectivity index (χ3n) is 3.29. The monoisotopic (exact) mass is 318 g/mol. The van der Waals surface area contributed by atoms with Crippen molar-refractivity contribution < 1.29 is 9.53 Å². The first-order valence-corrected chi connectivity index (χ1v) is 6.96. The summed E-state index contributed by atoms with van der Waals surface area (Å²) in [6.07, 6.45) is 2.03. The van der Waals surface area contributed by atoms with Crippen LogP contribution in [0, 0.1) is 6.92 Å². The Bertz CT molecular complexity index is 429. The number of carbonyl (C=O) groups is 1. The van der Waals surface area contributed by atoms with Crippen molar-refractivity contribution in [2.24, 2.45) is 0 Å². The predicted molar refractivity (Wildman–Crippen MR) is 84.1 cm³/mol. The highest BCUT2D eigenvalue weighted by molar-refractivity contribution is 6.33. The molecule has 0 saturated carbocycles. The van der Waals surface area contributed by atoms with Crippen molar-refractivity contribution in [3.8, 4) is 0 Å². The van der Waals surface area contributed by atoms with Gasteiger partial charge in [-0.15, -0.1) is 12.4 Å². The van der Waals surface area contributed by atoms with Crippen LogP contribution in [-0.4, -0.2) is 37.2 Å². The van der Waals surface area contributed by atoms with Gasteiger partial charge in [0, 0.05) is 6.54 Å². The third-order valence-corrected chi connectivity index (χ3v) is 3.60. The van der Waals surface area contributed by atoms with Gasteiger partial charge in [0.25, 0.3) is 0 Å². The fourth-order valence-electron chi connectivity index (χ4n) is 2.20. The molecule has 4 nitrogen and oxygen atoms in total. The Morgan fingerprint density at radius 2 is 2.10 bits per heavy atom. The largest absolute Gasteiger partial charge is 0.448 e. The van der Waals surface area contributed by atoms with Crippen LogP contribution in [-0.2, 0) is 4.74 Å². The van der Waals surface area contributed by atoms with Crippen LogP contribution in [0.5, 0.6) is 0 Å². The number of carbonyl (C=O) groups excluding carboxylic acids is 1. The lowest BCUT2D eigenvalue weighted by Crippen LogP contribution is -2.26. The van der Waals surface area contributed by atoms with Crippen molar-refractivity contribution >= 4 is 35.8 Å². The van der Waals surface area contributed by atoms with Crippen LogP contribution in [0.1, 0.15) is 18.4 Å². The molecule has 6 heteroatoms. The van der Waals surface area contributed by atoms with E-state index in [1.165, 1.54) is 12.8 Å². The second-order valence-electron chi connectivity index (χ2n) is 4.74. The molecule has 0 radical (unpaired) electrons. The molecule has 1 aromatic carbocycles. The molecule has 0 aliphatic carbocycles. The van der Waals surface area contributed by atoms with E-state index in [9.17, 15) is 4.79 Å². The maximum absolute atomic E-state index is 11.7. The standard InChI is InChI=1S/C14H19ClN2O2.ClH/c1-11-5-4-6-12(15)13(11)16-14(18)19-10-9-17-7-2-3-8-17;/h4-6H,2-3,7-10H2,1H3,(H,16,18);1H. The fourth-order valence-corrected chi connectivity index (χ4v) is 2.47. The normalized spacial score (nSPS) is 14.7. The van der Waals surface area contributed by atoms with E-state index in [-0.39, 0.29) is 12.4 Å². The maximum atomic E-state index is 11.7. The lowest BCUT2D eigenvalue weighted by Gasteiger charge is -2.15. The average Bonchev–Trinajstić information content (AvgIpc) is 2.87. The predicted octanol–water partition coefficient (Wildman–Crippen LogP) is 3.71. The van der Waals surface area contributed by atoms with Crippen molar-refractivity contribution in [3.63, 3.8) is 0 Å². The van der Waals surface area contributed by atoms with Crippen LogP contribution in [0.15, 0.2) is 18.2 Å². The zero-order valence-corrected chi connectivity index (χ0v) is 13.1. The Hall–Kier alpha value is -0.970. The Morgan fingerprint density at radius 1 is 1.40 bits per heavy atom. The van der Waals surface area contributed by atoms with Crippen molar-refractivity contribution in [1.29, 1.82) is 0 Å². The van der Waals surface area contributed by atoms with Gasteiger partial charge in [-0.1, -0.05) is 23.7 Å². The summed E-state index contributed by atoms with van der Waals surface area (Å²) in [6.45, 7) is 5.32. The molecule has 0 aromatic heterocycles. The minimum Gasteiger partial charge on any atom is -0.448 e. The first-order valence-electron chi connectivity index (χ1n) is 6.58. The molecule has 1 saturated heterocycles. The summed E-state index contributed by atoms with van der Waals surface area (Å²) in [5.41, 5.74) is 1.54. The van der Waals surface area contributed by atoms with E-state index in [0.29, 0.717) is 17.3 Å². The number of likely N-dealkylation sites (tertiary alicyclic amines) is 1. The second-order valence-corrected chi connectivity index (χ2v) is 5.15. The van der Waals surface area contributed by atoms with E-state index < -0.39 is 6.09 Å². The van der Waals surface area contributed by atoms with E-state index in [1.54, 1.807) is 6.07 Å². The molecule has 1 N–H and O–H groups in total. The van der Waals surface area contributed by atoms with E-state index in [2.05, 4.69) is 10.2 Å². The minimum absolute atomic E-state index is 0. The highest BCUT2D eigenvalue weighted by Crippen LogP contribution is 2.25. The molecular formula is C14H20Cl2N2O2. The van der Waals surface area contributed by atoms with Crippen LogP contribution in [0.3, 0.4) is 0 Å². The molecule has 1 aliphatic rings. The number of ether oxygens (including phenoxy) is 1. The second kappa shape index (κ2) is 8.35. The number of para-hydroxylation sites is 1. The molecule has 20 heavy (non-hydrogen) atoms.